The molecule has 0 aliphatic carbocycles. The van der Waals surface area contributed by atoms with Crippen LogP contribution < -0.4 is 10.1 Å². The number of nitrogens with zero attached hydrogens (tertiary/aromatic N) is 3. The number of halogens is 1. The second-order valence-corrected chi connectivity index (χ2v) is 7.65. The maximum atomic E-state index is 11.6. The number of pyridine rings is 1. The summed E-state index contributed by atoms with van der Waals surface area (Å²) in [6.45, 7) is 0.291. The molecule has 27 heavy (non-hydrogen) atoms. The molecule has 1 aromatic carbocycles. The predicted molar refractivity (Wildman–Crippen MR) is 103 cm³/mol. The number of thioether (sulfide) groups is 1. The fourth-order valence-electron chi connectivity index (χ4n) is 2.83. The number of nitrogens with one attached hydrogen (secondary N) is 1. The second-order valence-electron chi connectivity index (χ2n) is 6.08. The zero-order valence-corrected chi connectivity index (χ0v) is 15.9. The van der Waals surface area contributed by atoms with Gasteiger partial charge in [0.15, 0.2) is 5.65 Å². The van der Waals surface area contributed by atoms with Crippen LogP contribution in [-0.4, -0.2) is 30.9 Å². The first-order valence-electron chi connectivity index (χ1n) is 8.20. The van der Waals surface area contributed by atoms with Crippen LogP contribution in [0, 0.1) is 0 Å². The van der Waals surface area contributed by atoms with E-state index in [0.29, 0.717) is 29.6 Å². The van der Waals surface area contributed by atoms with Gasteiger partial charge >= 0.3 is 0 Å². The Labute approximate surface area is 164 Å². The van der Waals surface area contributed by atoms with Gasteiger partial charge in [0.1, 0.15) is 28.9 Å². The van der Waals surface area contributed by atoms with Crippen molar-refractivity contribution in [3.8, 4) is 5.75 Å². The van der Waals surface area contributed by atoms with Crippen molar-refractivity contribution in [2.24, 2.45) is 7.05 Å². The molecule has 3 heterocycles. The van der Waals surface area contributed by atoms with Gasteiger partial charge in [0, 0.05) is 7.05 Å². The van der Waals surface area contributed by atoms with Crippen LogP contribution in [-0.2, 0) is 24.9 Å². The van der Waals surface area contributed by atoms with E-state index in [0.717, 1.165) is 28.7 Å². The number of imide groups is 1. The molecule has 0 saturated carbocycles. The minimum Gasteiger partial charge on any atom is -0.486 e. The van der Waals surface area contributed by atoms with Gasteiger partial charge in [-0.15, -0.1) is 0 Å². The van der Waals surface area contributed by atoms with Crippen molar-refractivity contribution >= 4 is 45.7 Å². The number of ether oxygens (including phenoxy) is 1. The van der Waals surface area contributed by atoms with Crippen LogP contribution in [0.1, 0.15) is 11.4 Å². The molecule has 2 amide bonds. The fraction of sp³-hybridized carbons (Fsp3) is 0.222. The van der Waals surface area contributed by atoms with Crippen molar-refractivity contribution in [3.63, 3.8) is 0 Å². The van der Waals surface area contributed by atoms with Crippen molar-refractivity contribution in [2.45, 2.75) is 18.3 Å². The number of aromatic nitrogens is 3. The molecule has 1 atom stereocenters. The lowest BCUT2D eigenvalue weighted by Gasteiger charge is -2.08. The lowest BCUT2D eigenvalue weighted by atomic mass is 10.1. The number of benzene rings is 1. The Kier molecular flexibility index (Phi) is 4.75. The monoisotopic (exact) mass is 402 g/mol. The van der Waals surface area contributed by atoms with Crippen LogP contribution >= 0.6 is 23.4 Å². The van der Waals surface area contributed by atoms with E-state index in [4.69, 9.17) is 16.3 Å². The molecule has 1 unspecified atom stereocenters. The minimum atomic E-state index is -0.372. The second kappa shape index (κ2) is 7.21. The molecule has 1 saturated heterocycles. The molecule has 1 aliphatic heterocycles. The summed E-state index contributed by atoms with van der Waals surface area (Å²) in [4.78, 5) is 31.7. The van der Waals surface area contributed by atoms with Crippen molar-refractivity contribution in [3.05, 3.63) is 52.9 Å². The topological polar surface area (TPSA) is 86.1 Å². The van der Waals surface area contributed by atoms with Crippen LogP contribution in [0.15, 0.2) is 36.4 Å². The van der Waals surface area contributed by atoms with Crippen molar-refractivity contribution in [1.29, 1.82) is 0 Å². The summed E-state index contributed by atoms with van der Waals surface area (Å²) in [5, 5.41) is 2.05. The number of fused-ring (bicyclic) bond motifs is 1. The molecule has 2 aromatic heterocycles. The van der Waals surface area contributed by atoms with Crippen LogP contribution in [0.5, 0.6) is 5.75 Å². The molecular weight excluding hydrogens is 388 g/mol. The highest BCUT2D eigenvalue weighted by Crippen LogP contribution is 2.24. The summed E-state index contributed by atoms with van der Waals surface area (Å²) in [6.07, 6.45) is 0.500. The van der Waals surface area contributed by atoms with E-state index in [-0.39, 0.29) is 16.4 Å². The van der Waals surface area contributed by atoms with Gasteiger partial charge in [0.25, 0.3) is 5.24 Å². The molecule has 3 aromatic rings. The van der Waals surface area contributed by atoms with Gasteiger partial charge in [-0.25, -0.2) is 9.97 Å². The van der Waals surface area contributed by atoms with Gasteiger partial charge in [-0.1, -0.05) is 35.5 Å². The number of imidazole rings is 1. The quantitative estimate of drug-likeness (QED) is 0.660. The van der Waals surface area contributed by atoms with Gasteiger partial charge in [-0.2, -0.15) is 0 Å². The molecule has 1 fully saturated rings. The Morgan fingerprint density at radius 1 is 1.19 bits per heavy atom. The van der Waals surface area contributed by atoms with Crippen LogP contribution in [0.2, 0.25) is 5.15 Å². The summed E-state index contributed by atoms with van der Waals surface area (Å²) >= 11 is 6.96. The van der Waals surface area contributed by atoms with E-state index in [1.165, 1.54) is 0 Å². The van der Waals surface area contributed by atoms with Crippen molar-refractivity contribution in [2.75, 3.05) is 0 Å². The normalized spacial score (nSPS) is 16.7. The molecule has 138 valence electrons. The van der Waals surface area contributed by atoms with Gasteiger partial charge in [0.2, 0.25) is 5.91 Å². The summed E-state index contributed by atoms with van der Waals surface area (Å²) in [5.41, 5.74) is 2.43. The Hall–Kier alpha value is -2.58. The highest BCUT2D eigenvalue weighted by Gasteiger charge is 2.31. The average molecular weight is 403 g/mol. The molecular formula is C18H15ClN4O3S. The third-order valence-corrected chi connectivity index (χ3v) is 5.45. The van der Waals surface area contributed by atoms with Gasteiger partial charge in [-0.05, 0) is 36.2 Å². The molecule has 7 nitrogen and oxygen atoms in total. The molecule has 1 N–H and O–H groups in total. The van der Waals surface area contributed by atoms with Gasteiger partial charge < -0.3 is 9.30 Å². The predicted octanol–water partition coefficient (Wildman–Crippen LogP) is 3.09. The summed E-state index contributed by atoms with van der Waals surface area (Å²) in [5.74, 6) is 1.19. The van der Waals surface area contributed by atoms with E-state index in [2.05, 4.69) is 15.3 Å². The maximum Gasteiger partial charge on any atom is 0.286 e. The number of hydrogen-bond donors (Lipinski definition) is 1. The largest absolute Gasteiger partial charge is 0.486 e. The Balaban J connectivity index is 1.41. The first-order valence-corrected chi connectivity index (χ1v) is 9.46. The smallest absolute Gasteiger partial charge is 0.286 e. The first-order chi connectivity index (χ1) is 13.0. The van der Waals surface area contributed by atoms with E-state index in [1.54, 1.807) is 6.07 Å². The number of carbonyl (C=O) groups is 2. The van der Waals surface area contributed by atoms with E-state index in [9.17, 15) is 9.59 Å². The number of amides is 2. The van der Waals surface area contributed by atoms with Gasteiger partial charge in [-0.3, -0.25) is 14.9 Å². The van der Waals surface area contributed by atoms with Crippen molar-refractivity contribution in [1.82, 2.24) is 19.9 Å². The molecule has 0 radical (unpaired) electrons. The molecule has 0 bridgehead atoms. The summed E-state index contributed by atoms with van der Waals surface area (Å²) in [7, 11) is 1.87. The zero-order chi connectivity index (χ0) is 19.0. The van der Waals surface area contributed by atoms with Gasteiger partial charge in [0.05, 0.1) is 5.25 Å². The Morgan fingerprint density at radius 2 is 1.96 bits per heavy atom. The Morgan fingerprint density at radius 3 is 2.67 bits per heavy atom. The number of carbonyl (C=O) groups excluding carboxylic acids is 2. The number of aryl methyl sites for hydroxylation is 1. The standard InChI is InChI=1S/C18H15ClN4O3S/c1-23-15(20-12-6-7-14(19)21-16(12)23)9-26-11-4-2-10(3-5-11)8-13-17(24)22-18(25)27-13/h2-7,13H,8-9H2,1H3,(H,22,24,25). The van der Waals surface area contributed by atoms with Crippen LogP contribution in [0.25, 0.3) is 11.2 Å². The maximum absolute atomic E-state index is 11.6. The average Bonchev–Trinajstić information content (AvgIpc) is 3.13. The van der Waals surface area contributed by atoms with Crippen LogP contribution in [0.4, 0.5) is 4.79 Å². The minimum absolute atomic E-state index is 0.235. The van der Waals surface area contributed by atoms with E-state index < -0.39 is 0 Å². The van der Waals surface area contributed by atoms with E-state index in [1.807, 2.05) is 41.9 Å². The fourth-order valence-corrected chi connectivity index (χ4v) is 3.83. The SMILES string of the molecule is Cn1c(COc2ccc(CC3SC(=O)NC3=O)cc2)nc2ccc(Cl)nc21. The molecule has 4 rings (SSSR count). The molecule has 9 heteroatoms. The number of hydrogen-bond acceptors (Lipinski definition) is 6. The summed E-state index contributed by atoms with van der Waals surface area (Å²) < 4.78 is 7.66. The lowest BCUT2D eigenvalue weighted by molar-refractivity contribution is -0.118. The third-order valence-electron chi connectivity index (χ3n) is 4.25. The highest BCUT2D eigenvalue weighted by molar-refractivity contribution is 8.15. The molecule has 0 spiro atoms. The van der Waals surface area contributed by atoms with E-state index >= 15 is 0 Å². The summed E-state index contributed by atoms with van der Waals surface area (Å²) in [6, 6.07) is 11.0. The molecule has 1 aliphatic rings. The Bertz CT molecular complexity index is 1040. The zero-order valence-electron chi connectivity index (χ0n) is 14.3. The lowest BCUT2D eigenvalue weighted by Crippen LogP contribution is -2.25. The number of rotatable bonds is 5. The third kappa shape index (κ3) is 3.77. The van der Waals surface area contributed by atoms with Crippen LogP contribution in [0.3, 0.4) is 0 Å². The first kappa shape index (κ1) is 17.8. The highest BCUT2D eigenvalue weighted by atomic mass is 35.5. The van der Waals surface area contributed by atoms with Crippen molar-refractivity contribution < 1.29 is 14.3 Å².